The Morgan fingerprint density at radius 2 is 2.14 bits per heavy atom. The van der Waals surface area contributed by atoms with Gasteiger partial charge >= 0.3 is 0 Å². The first-order chi connectivity index (χ1) is 10.0. The van der Waals surface area contributed by atoms with Crippen molar-refractivity contribution in [3.05, 3.63) is 52.2 Å². The van der Waals surface area contributed by atoms with Crippen LogP contribution in [0.15, 0.2) is 36.5 Å². The van der Waals surface area contributed by atoms with Gasteiger partial charge in [0.05, 0.1) is 4.92 Å². The first-order valence-electron chi connectivity index (χ1n) is 5.73. The van der Waals surface area contributed by atoms with Crippen molar-refractivity contribution in [1.29, 1.82) is 5.41 Å². The molecule has 0 spiro atoms. The van der Waals surface area contributed by atoms with Gasteiger partial charge in [-0.1, -0.05) is 0 Å². The van der Waals surface area contributed by atoms with Crippen LogP contribution in [0, 0.1) is 15.5 Å². The van der Waals surface area contributed by atoms with Crippen molar-refractivity contribution >= 4 is 23.4 Å². The Morgan fingerprint density at radius 3 is 2.67 bits per heavy atom. The first kappa shape index (κ1) is 14.1. The minimum Gasteiger partial charge on any atom is -0.439 e. The van der Waals surface area contributed by atoms with E-state index in [1.165, 1.54) is 30.3 Å². The predicted molar refractivity (Wildman–Crippen MR) is 74.7 cm³/mol. The van der Waals surface area contributed by atoms with Crippen LogP contribution in [-0.2, 0) is 4.79 Å². The Bertz CT molecular complexity index is 713. The van der Waals surface area contributed by atoms with Gasteiger partial charge in [-0.15, -0.1) is 0 Å². The Morgan fingerprint density at radius 1 is 1.38 bits per heavy atom. The van der Waals surface area contributed by atoms with Crippen molar-refractivity contribution in [2.24, 2.45) is 0 Å². The van der Waals surface area contributed by atoms with E-state index in [0.29, 0.717) is 17.6 Å². The van der Waals surface area contributed by atoms with Gasteiger partial charge in [0.2, 0.25) is 5.88 Å². The van der Waals surface area contributed by atoms with Gasteiger partial charge in [0.15, 0.2) is 6.29 Å². The van der Waals surface area contributed by atoms with Crippen LogP contribution in [0.1, 0.15) is 5.56 Å². The number of aromatic nitrogens is 1. The molecule has 0 aliphatic rings. The number of carbonyl (C=O) groups is 1. The van der Waals surface area contributed by atoms with Gasteiger partial charge in [-0.3, -0.25) is 20.3 Å². The number of aldehydes is 1. The summed E-state index contributed by atoms with van der Waals surface area (Å²) >= 11 is 0. The topological polar surface area (TPSA) is 132 Å². The number of nitrogens with two attached hydrogens (primary N) is 1. The molecule has 0 radical (unpaired) electrons. The van der Waals surface area contributed by atoms with Crippen molar-refractivity contribution in [1.82, 2.24) is 4.98 Å². The van der Waals surface area contributed by atoms with E-state index in [9.17, 15) is 14.9 Å². The summed E-state index contributed by atoms with van der Waals surface area (Å²) in [6.07, 6.45) is 1.47. The molecular formula is C13H10N4O4. The fraction of sp³-hybridized carbons (Fsp3) is 0. The van der Waals surface area contributed by atoms with E-state index in [4.69, 9.17) is 15.9 Å². The van der Waals surface area contributed by atoms with Crippen LogP contribution in [0.25, 0.3) is 0 Å². The van der Waals surface area contributed by atoms with E-state index in [2.05, 4.69) is 4.98 Å². The zero-order valence-corrected chi connectivity index (χ0v) is 10.6. The summed E-state index contributed by atoms with van der Waals surface area (Å²) in [5.41, 5.74) is 5.87. The zero-order chi connectivity index (χ0) is 15.4. The maximum atomic E-state index is 10.5. The van der Waals surface area contributed by atoms with Gasteiger partial charge in [-0.25, -0.2) is 4.98 Å². The molecular weight excluding hydrogens is 276 g/mol. The third-order valence-corrected chi connectivity index (χ3v) is 2.59. The molecule has 1 heterocycles. The normalized spacial score (nSPS) is 9.90. The molecule has 2 rings (SSSR count). The molecule has 1 aromatic carbocycles. The SMILES string of the molecule is N=C(C=O)c1ccc(Oc2ccc([N+](=O)[O-])cn2)cc1N. The largest absolute Gasteiger partial charge is 0.439 e. The van der Waals surface area contributed by atoms with Gasteiger partial charge in [-0.2, -0.15) is 0 Å². The smallest absolute Gasteiger partial charge is 0.287 e. The van der Waals surface area contributed by atoms with Gasteiger partial charge in [-0.05, 0) is 12.1 Å². The highest BCUT2D eigenvalue weighted by Gasteiger charge is 2.09. The number of nitrogen functional groups attached to an aromatic ring is 1. The summed E-state index contributed by atoms with van der Waals surface area (Å²) < 4.78 is 5.39. The highest BCUT2D eigenvalue weighted by atomic mass is 16.6. The summed E-state index contributed by atoms with van der Waals surface area (Å²) in [4.78, 5) is 24.3. The molecule has 0 atom stereocenters. The van der Waals surface area contributed by atoms with Crippen LogP contribution in [0.3, 0.4) is 0 Å². The minimum atomic E-state index is -0.561. The van der Waals surface area contributed by atoms with Gasteiger partial charge in [0, 0.05) is 29.4 Å². The number of ether oxygens (including phenoxy) is 1. The predicted octanol–water partition coefficient (Wildman–Crippen LogP) is 1.93. The summed E-state index contributed by atoms with van der Waals surface area (Å²) in [6, 6.07) is 7.06. The van der Waals surface area contributed by atoms with Crippen molar-refractivity contribution < 1.29 is 14.5 Å². The van der Waals surface area contributed by atoms with Gasteiger partial charge < -0.3 is 10.5 Å². The number of nitro groups is 1. The standard InChI is InChI=1S/C13H10N4O4/c14-11-5-9(2-3-10(11)12(15)7-18)21-13-4-1-8(6-16-13)17(19)20/h1-7,15H,14H2. The van der Waals surface area contributed by atoms with Crippen LogP contribution < -0.4 is 10.5 Å². The number of nitrogens with one attached hydrogen (secondary N) is 1. The summed E-state index contributed by atoms with van der Waals surface area (Å²) in [5, 5.41) is 17.9. The highest BCUT2D eigenvalue weighted by Crippen LogP contribution is 2.25. The van der Waals surface area contributed by atoms with Gasteiger partial charge in [0.25, 0.3) is 5.69 Å². The van der Waals surface area contributed by atoms with E-state index in [-0.39, 0.29) is 23.0 Å². The molecule has 0 bridgehead atoms. The van der Waals surface area contributed by atoms with E-state index >= 15 is 0 Å². The molecule has 0 fully saturated rings. The first-order valence-corrected chi connectivity index (χ1v) is 5.73. The number of hydrogen-bond donors (Lipinski definition) is 2. The lowest BCUT2D eigenvalue weighted by Crippen LogP contribution is -2.04. The molecule has 0 saturated heterocycles. The minimum absolute atomic E-state index is 0.142. The summed E-state index contributed by atoms with van der Waals surface area (Å²) in [7, 11) is 0. The zero-order valence-electron chi connectivity index (χ0n) is 10.6. The lowest BCUT2D eigenvalue weighted by molar-refractivity contribution is -0.385. The lowest BCUT2D eigenvalue weighted by Gasteiger charge is -2.07. The van der Waals surface area contributed by atoms with Crippen LogP contribution in [0.2, 0.25) is 0 Å². The van der Waals surface area contributed by atoms with E-state index in [1.54, 1.807) is 0 Å². The number of nitrogens with zero attached hydrogens (tertiary/aromatic N) is 2. The summed E-state index contributed by atoms with van der Waals surface area (Å²) in [5.74, 6) is 0.509. The number of pyridine rings is 1. The molecule has 0 amide bonds. The van der Waals surface area contributed by atoms with E-state index in [1.807, 2.05) is 0 Å². The Balaban J connectivity index is 2.20. The third-order valence-electron chi connectivity index (χ3n) is 2.59. The third kappa shape index (κ3) is 3.18. The Labute approximate surface area is 118 Å². The van der Waals surface area contributed by atoms with Gasteiger partial charge in [0.1, 0.15) is 17.7 Å². The second kappa shape index (κ2) is 5.78. The number of hydrogen-bond acceptors (Lipinski definition) is 7. The molecule has 3 N–H and O–H groups in total. The summed E-state index contributed by atoms with van der Waals surface area (Å²) in [6.45, 7) is 0. The quantitative estimate of drug-likeness (QED) is 0.284. The molecule has 1 aromatic heterocycles. The van der Waals surface area contributed by atoms with Crippen molar-refractivity contribution in [2.75, 3.05) is 5.73 Å². The number of anilines is 1. The van der Waals surface area contributed by atoms with Crippen LogP contribution >= 0.6 is 0 Å². The highest BCUT2D eigenvalue weighted by molar-refractivity contribution is 6.36. The fourth-order valence-electron chi connectivity index (χ4n) is 1.57. The average Bonchev–Trinajstić information content (AvgIpc) is 2.47. The van der Waals surface area contributed by atoms with Crippen molar-refractivity contribution in [3.63, 3.8) is 0 Å². The van der Waals surface area contributed by atoms with Crippen molar-refractivity contribution in [3.8, 4) is 11.6 Å². The molecule has 8 heteroatoms. The molecule has 0 aliphatic carbocycles. The second-order valence-corrected chi connectivity index (χ2v) is 3.99. The second-order valence-electron chi connectivity index (χ2n) is 3.99. The maximum Gasteiger partial charge on any atom is 0.287 e. The molecule has 0 unspecified atom stereocenters. The monoisotopic (exact) mass is 286 g/mol. The van der Waals surface area contributed by atoms with Crippen LogP contribution in [-0.4, -0.2) is 21.9 Å². The maximum absolute atomic E-state index is 10.5. The molecule has 0 saturated carbocycles. The Kier molecular flexibility index (Phi) is 3.89. The van der Waals surface area contributed by atoms with E-state index in [0.717, 1.165) is 6.20 Å². The number of rotatable bonds is 5. The van der Waals surface area contributed by atoms with Crippen molar-refractivity contribution in [2.45, 2.75) is 0 Å². The molecule has 106 valence electrons. The molecule has 0 aliphatic heterocycles. The Hall–Kier alpha value is -3.29. The molecule has 8 nitrogen and oxygen atoms in total. The van der Waals surface area contributed by atoms with E-state index < -0.39 is 4.92 Å². The number of carbonyl (C=O) groups excluding carboxylic acids is 1. The molecule has 2 aromatic rings. The molecule has 21 heavy (non-hydrogen) atoms. The number of benzene rings is 1. The van der Waals surface area contributed by atoms with Crippen LogP contribution in [0.4, 0.5) is 11.4 Å². The van der Waals surface area contributed by atoms with Crippen LogP contribution in [0.5, 0.6) is 11.6 Å². The fourth-order valence-corrected chi connectivity index (χ4v) is 1.57. The average molecular weight is 286 g/mol. The lowest BCUT2D eigenvalue weighted by atomic mass is 10.1.